The number of benzene rings is 9. The normalized spacial score (nSPS) is 13.9. The zero-order valence-corrected chi connectivity index (χ0v) is 34.9. The molecule has 0 unspecified atom stereocenters. The number of rotatable bonds is 8. The minimum Gasteiger partial charge on any atom is -0.314 e. The van der Waals surface area contributed by atoms with E-state index in [1.165, 1.54) is 88.8 Å². The van der Waals surface area contributed by atoms with Crippen LogP contribution < -0.4 is 4.90 Å². The zero-order chi connectivity index (χ0) is 41.7. The van der Waals surface area contributed by atoms with Gasteiger partial charge in [0.05, 0.1) is 16.4 Å². The molecule has 2 heteroatoms. The number of anilines is 2. The van der Waals surface area contributed by atoms with Crippen molar-refractivity contribution in [3.8, 4) is 27.9 Å². The zero-order valence-electron chi connectivity index (χ0n) is 34.9. The first kappa shape index (κ1) is 36.9. The van der Waals surface area contributed by atoms with Crippen molar-refractivity contribution in [3.05, 3.63) is 276 Å². The largest absolute Gasteiger partial charge is 0.314 e. The summed E-state index contributed by atoms with van der Waals surface area (Å²) >= 11 is 0. The molecule has 2 aliphatic carbocycles. The highest BCUT2D eigenvalue weighted by molar-refractivity contribution is 6.10. The molecule has 0 saturated heterocycles. The van der Waals surface area contributed by atoms with E-state index in [1.54, 1.807) is 0 Å². The van der Waals surface area contributed by atoms with Gasteiger partial charge >= 0.3 is 0 Å². The molecule has 0 aliphatic heterocycles. The molecule has 0 amide bonds. The van der Waals surface area contributed by atoms with E-state index in [1.807, 2.05) is 0 Å². The van der Waals surface area contributed by atoms with Crippen LogP contribution in [0.2, 0.25) is 0 Å². The van der Waals surface area contributed by atoms with Crippen molar-refractivity contribution in [3.63, 3.8) is 0 Å². The first-order valence-electron chi connectivity index (χ1n) is 22.1. The summed E-state index contributed by atoms with van der Waals surface area (Å²) in [6, 6.07) is 84.7. The lowest BCUT2D eigenvalue weighted by atomic mass is 9.67. The molecule has 9 aromatic carbocycles. The molecule has 2 nitrogen and oxygen atoms in total. The SMILES string of the molecule is C1=C(c2cccc(-c3ccc4c(c3)c3ccccc3n4-c3ccccc3)c2)CCC(N(c2ccccc2)c2ccc3c(c2)C(c2ccccc2)(c2ccccc2)c2ccccc2-3)=C1. The lowest BCUT2D eigenvalue weighted by molar-refractivity contribution is 0.768. The molecule has 12 rings (SSSR count). The second-order valence-corrected chi connectivity index (χ2v) is 16.8. The molecular weight excluding hydrogens is 761 g/mol. The number of aromatic nitrogens is 1. The minimum absolute atomic E-state index is 0.463. The molecule has 63 heavy (non-hydrogen) atoms. The van der Waals surface area contributed by atoms with Crippen LogP contribution >= 0.6 is 0 Å². The van der Waals surface area contributed by atoms with Crippen molar-refractivity contribution in [2.75, 3.05) is 4.90 Å². The fraction of sp³-hybridized carbons (Fsp3) is 0.0492. The highest BCUT2D eigenvalue weighted by Crippen LogP contribution is 2.57. The van der Waals surface area contributed by atoms with Crippen molar-refractivity contribution in [2.24, 2.45) is 0 Å². The predicted molar refractivity (Wildman–Crippen MR) is 264 cm³/mol. The average molecular weight is 805 g/mol. The topological polar surface area (TPSA) is 8.17 Å². The number of allylic oxidation sites excluding steroid dienone is 4. The van der Waals surface area contributed by atoms with E-state index in [4.69, 9.17) is 0 Å². The Hall–Kier alpha value is -7.94. The molecule has 0 radical (unpaired) electrons. The Morgan fingerprint density at radius 1 is 0.381 bits per heavy atom. The van der Waals surface area contributed by atoms with E-state index < -0.39 is 5.41 Å². The van der Waals surface area contributed by atoms with Gasteiger partial charge in [-0.15, -0.1) is 0 Å². The van der Waals surface area contributed by atoms with Crippen molar-refractivity contribution in [1.82, 2.24) is 4.57 Å². The second-order valence-electron chi connectivity index (χ2n) is 16.8. The van der Waals surface area contributed by atoms with Gasteiger partial charge in [0.15, 0.2) is 0 Å². The summed E-state index contributed by atoms with van der Waals surface area (Å²) in [4.78, 5) is 2.48. The Morgan fingerprint density at radius 2 is 1.00 bits per heavy atom. The van der Waals surface area contributed by atoms with Gasteiger partial charge in [-0.05, 0) is 135 Å². The van der Waals surface area contributed by atoms with E-state index in [9.17, 15) is 0 Å². The van der Waals surface area contributed by atoms with Crippen molar-refractivity contribution < 1.29 is 0 Å². The van der Waals surface area contributed by atoms with Crippen LogP contribution in [0.5, 0.6) is 0 Å². The Labute approximate surface area is 369 Å². The van der Waals surface area contributed by atoms with Gasteiger partial charge in [-0.1, -0.05) is 176 Å². The lowest BCUT2D eigenvalue weighted by Gasteiger charge is -2.35. The molecule has 0 saturated carbocycles. The maximum absolute atomic E-state index is 2.48. The fourth-order valence-electron chi connectivity index (χ4n) is 10.6. The van der Waals surface area contributed by atoms with E-state index in [2.05, 4.69) is 252 Å². The van der Waals surface area contributed by atoms with Crippen LogP contribution in [-0.2, 0) is 5.41 Å². The number of hydrogen-bond acceptors (Lipinski definition) is 1. The van der Waals surface area contributed by atoms with Crippen LogP contribution in [0, 0.1) is 0 Å². The monoisotopic (exact) mass is 804 g/mol. The Balaban J connectivity index is 0.940. The van der Waals surface area contributed by atoms with Crippen LogP contribution in [0.1, 0.15) is 40.7 Å². The van der Waals surface area contributed by atoms with E-state index in [-0.39, 0.29) is 0 Å². The first-order chi connectivity index (χ1) is 31.3. The quantitative estimate of drug-likeness (QED) is 0.149. The summed E-state index contributed by atoms with van der Waals surface area (Å²) in [5.41, 5.74) is 19.6. The van der Waals surface area contributed by atoms with Gasteiger partial charge in [-0.2, -0.15) is 0 Å². The van der Waals surface area contributed by atoms with Crippen molar-refractivity contribution >= 4 is 38.8 Å². The maximum Gasteiger partial charge on any atom is 0.0714 e. The Kier molecular flexibility index (Phi) is 8.90. The van der Waals surface area contributed by atoms with Gasteiger partial charge in [-0.25, -0.2) is 0 Å². The third kappa shape index (κ3) is 6.02. The van der Waals surface area contributed by atoms with Crippen LogP contribution in [0.3, 0.4) is 0 Å². The third-order valence-electron chi connectivity index (χ3n) is 13.4. The Bertz CT molecular complexity index is 3340. The highest BCUT2D eigenvalue weighted by Gasteiger charge is 2.46. The molecule has 1 aromatic heterocycles. The van der Waals surface area contributed by atoms with Crippen LogP contribution in [0.15, 0.2) is 248 Å². The van der Waals surface area contributed by atoms with Gasteiger partial charge in [0.25, 0.3) is 0 Å². The summed E-state index contributed by atoms with van der Waals surface area (Å²) in [5.74, 6) is 0. The minimum atomic E-state index is -0.463. The lowest BCUT2D eigenvalue weighted by Crippen LogP contribution is -2.29. The van der Waals surface area contributed by atoms with Crippen LogP contribution in [0.25, 0.3) is 55.3 Å². The van der Waals surface area contributed by atoms with Crippen molar-refractivity contribution in [2.45, 2.75) is 18.3 Å². The molecule has 0 bridgehead atoms. The molecule has 1 heterocycles. The van der Waals surface area contributed by atoms with E-state index in [0.717, 1.165) is 24.2 Å². The summed E-state index contributed by atoms with van der Waals surface area (Å²) in [6.45, 7) is 0. The number of nitrogens with zero attached hydrogens (tertiary/aromatic N) is 2. The van der Waals surface area contributed by atoms with E-state index >= 15 is 0 Å². The average Bonchev–Trinajstić information content (AvgIpc) is 3.86. The summed E-state index contributed by atoms with van der Waals surface area (Å²) in [5, 5.41) is 2.53. The highest BCUT2D eigenvalue weighted by atomic mass is 15.1. The standard InChI is InChI=1S/C61H44N2/c1-5-20-47(21-6-1)61(48-22-7-2-8-23-48)57-30-15-13-28-53(57)54-38-37-52(42-58(54)61)62(49-24-9-3-10-25-49)51-35-32-43(33-36-51)44-18-17-19-45(40-44)46-34-39-60-56(41-46)55-29-14-16-31-59(55)63(60)50-26-11-4-12-27-50/h1-32,34-35,37-42H,33,36H2. The molecule has 10 aromatic rings. The number of hydrogen-bond donors (Lipinski definition) is 0. The molecular formula is C61H44N2. The summed E-state index contributed by atoms with van der Waals surface area (Å²) in [7, 11) is 0. The molecule has 0 atom stereocenters. The van der Waals surface area contributed by atoms with Gasteiger partial charge in [0.2, 0.25) is 0 Å². The van der Waals surface area contributed by atoms with Gasteiger partial charge in [0, 0.05) is 33.5 Å². The smallest absolute Gasteiger partial charge is 0.0714 e. The second kappa shape index (κ2) is 15.2. The van der Waals surface area contributed by atoms with Crippen molar-refractivity contribution in [1.29, 1.82) is 0 Å². The Morgan fingerprint density at radius 3 is 1.75 bits per heavy atom. The number of fused-ring (bicyclic) bond motifs is 6. The molecule has 298 valence electrons. The fourth-order valence-corrected chi connectivity index (χ4v) is 10.6. The first-order valence-corrected chi connectivity index (χ1v) is 22.1. The van der Waals surface area contributed by atoms with Crippen LogP contribution in [-0.4, -0.2) is 4.57 Å². The summed E-state index contributed by atoms with van der Waals surface area (Å²) < 4.78 is 2.38. The maximum atomic E-state index is 2.48. The molecule has 0 N–H and O–H groups in total. The number of para-hydroxylation sites is 3. The van der Waals surface area contributed by atoms with Gasteiger partial charge in [-0.3, -0.25) is 0 Å². The van der Waals surface area contributed by atoms with Gasteiger partial charge in [0.1, 0.15) is 0 Å². The van der Waals surface area contributed by atoms with Gasteiger partial charge < -0.3 is 9.47 Å². The third-order valence-corrected chi connectivity index (χ3v) is 13.4. The molecule has 0 fully saturated rings. The molecule has 0 spiro atoms. The predicted octanol–water partition coefficient (Wildman–Crippen LogP) is 15.7. The van der Waals surface area contributed by atoms with E-state index in [0.29, 0.717) is 0 Å². The van der Waals surface area contributed by atoms with Crippen LogP contribution in [0.4, 0.5) is 11.4 Å². The molecule has 2 aliphatic rings. The summed E-state index contributed by atoms with van der Waals surface area (Å²) in [6.07, 6.45) is 6.56.